The van der Waals surface area contributed by atoms with Crippen LogP contribution in [-0.4, -0.2) is 85.2 Å². The van der Waals surface area contributed by atoms with E-state index >= 15 is 13.2 Å². The molecule has 71 heavy (non-hydrogen) atoms. The summed E-state index contributed by atoms with van der Waals surface area (Å²) in [7, 11) is 0. The van der Waals surface area contributed by atoms with Gasteiger partial charge in [0.15, 0.2) is 22.9 Å². The van der Waals surface area contributed by atoms with Crippen molar-refractivity contribution >= 4 is 69.0 Å². The highest BCUT2D eigenvalue weighted by Crippen LogP contribution is 2.54. The van der Waals surface area contributed by atoms with Crippen molar-refractivity contribution in [1.29, 1.82) is 0 Å². The number of carbonyl (C=O) groups excluding carboxylic acids is 4. The van der Waals surface area contributed by atoms with Gasteiger partial charge in [0.1, 0.15) is 57.9 Å². The minimum absolute atomic E-state index is 0.0673. The van der Waals surface area contributed by atoms with E-state index < -0.39 is 137 Å². The third kappa shape index (κ3) is 7.51. The molecule has 4 N–H and O–H groups in total. The van der Waals surface area contributed by atoms with Crippen LogP contribution in [0.1, 0.15) is 74.6 Å². The molecule has 0 fully saturated rings. The number of benzene rings is 1. The Hall–Kier alpha value is -8.13. The molecular weight excluding hydrogens is 960 g/mol. The molecule has 18 nitrogen and oxygen atoms in total. The molecule has 10 heterocycles. The molecule has 0 spiro atoms. The molecule has 7 aromatic rings. The van der Waals surface area contributed by atoms with Crippen LogP contribution >= 0.6 is 0 Å². The lowest BCUT2D eigenvalue weighted by Gasteiger charge is -2.40. The molecule has 6 aromatic heterocycles. The second-order valence-corrected chi connectivity index (χ2v) is 18.1. The molecule has 0 aliphatic carbocycles. The molecule has 2 unspecified atom stereocenters. The highest BCUT2D eigenvalue weighted by atomic mass is 19.4. The molecule has 364 valence electrons. The largest absolute Gasteiger partial charge is 0.453 e. The van der Waals surface area contributed by atoms with Crippen LogP contribution in [-0.2, 0) is 36.6 Å². The summed E-state index contributed by atoms with van der Waals surface area (Å²) in [4.78, 5) is 79.2. The maximum absolute atomic E-state index is 15.7. The fraction of sp³-hybridized carbons (Fsp3) is 0.318. The SMILES string of the molecule is CC12CC(=O)Nc3nc(-c4nn(C(CC56CCC(=O)Nc7nc(-c8nn(Cc9c(F)cccc9F)c9ncc(F)cc89)nc(c75)NC(=O)C6)CC(F)(F)C(F)(F)F)c5ncc(F)cc45)nc(c31)NC(=O)C2. The number of aromatic nitrogens is 10. The third-order valence-corrected chi connectivity index (χ3v) is 13.2. The zero-order valence-electron chi connectivity index (χ0n) is 36.3. The monoisotopic (exact) mass is 990 g/mol. The fourth-order valence-electron chi connectivity index (χ4n) is 10.1. The van der Waals surface area contributed by atoms with E-state index in [1.54, 1.807) is 6.92 Å². The second kappa shape index (κ2) is 15.7. The van der Waals surface area contributed by atoms with Crippen molar-refractivity contribution in [2.24, 2.45) is 0 Å². The summed E-state index contributed by atoms with van der Waals surface area (Å²) in [5.41, 5.74) is -4.30. The summed E-state index contributed by atoms with van der Waals surface area (Å²) in [5.74, 6) is -13.5. The van der Waals surface area contributed by atoms with Gasteiger partial charge in [0.2, 0.25) is 23.6 Å². The summed E-state index contributed by atoms with van der Waals surface area (Å²) in [6.45, 7) is 1.08. The van der Waals surface area contributed by atoms with Gasteiger partial charge in [-0.3, -0.25) is 19.2 Å². The topological polar surface area (TPSA) is 229 Å². The number of rotatable bonds is 9. The number of fused-ring (bicyclic) bond motifs is 2. The fourth-order valence-corrected chi connectivity index (χ4v) is 10.1. The number of amides is 4. The summed E-state index contributed by atoms with van der Waals surface area (Å²) in [5, 5.41) is 18.8. The zero-order chi connectivity index (χ0) is 50.1. The van der Waals surface area contributed by atoms with E-state index in [1.807, 2.05) is 0 Å². The highest BCUT2D eigenvalue weighted by Gasteiger charge is 2.60. The van der Waals surface area contributed by atoms with Crippen LogP contribution in [0.5, 0.6) is 0 Å². The minimum Gasteiger partial charge on any atom is -0.310 e. The average Bonchev–Trinajstić information content (AvgIpc) is 3.78. The van der Waals surface area contributed by atoms with Crippen LogP contribution in [0.3, 0.4) is 0 Å². The first-order chi connectivity index (χ1) is 33.6. The maximum atomic E-state index is 15.7. The number of hydrogen-bond donors (Lipinski definition) is 4. The molecule has 4 aliphatic heterocycles. The Morgan fingerprint density at radius 1 is 0.676 bits per heavy atom. The van der Waals surface area contributed by atoms with E-state index in [2.05, 4.69) is 61.4 Å². The lowest BCUT2D eigenvalue weighted by atomic mass is 9.68. The summed E-state index contributed by atoms with van der Waals surface area (Å²) in [6.07, 6.45) is -9.22. The van der Waals surface area contributed by atoms with Crippen LogP contribution in [0.25, 0.3) is 45.1 Å². The number of alkyl halides is 5. The van der Waals surface area contributed by atoms with Crippen molar-refractivity contribution in [3.8, 4) is 23.0 Å². The van der Waals surface area contributed by atoms with Gasteiger partial charge in [0.25, 0.3) is 0 Å². The van der Waals surface area contributed by atoms with E-state index in [-0.39, 0.29) is 70.2 Å². The summed E-state index contributed by atoms with van der Waals surface area (Å²) < 4.78 is 136. The molecule has 4 aliphatic rings. The van der Waals surface area contributed by atoms with Crippen LogP contribution < -0.4 is 21.3 Å². The maximum Gasteiger partial charge on any atom is 0.453 e. The van der Waals surface area contributed by atoms with Gasteiger partial charge < -0.3 is 21.3 Å². The van der Waals surface area contributed by atoms with Crippen LogP contribution in [0.2, 0.25) is 0 Å². The molecule has 1 aromatic carbocycles. The number of halogens is 9. The van der Waals surface area contributed by atoms with Gasteiger partial charge in [-0.15, -0.1) is 0 Å². The molecular formula is C44H31F9N14O4. The number of hydrogen-bond acceptors (Lipinski definition) is 12. The Labute approximate surface area is 390 Å². The summed E-state index contributed by atoms with van der Waals surface area (Å²) in [6, 6.07) is 2.87. The Balaban J connectivity index is 1.07. The Morgan fingerprint density at radius 2 is 1.18 bits per heavy atom. The number of anilines is 4. The predicted molar refractivity (Wildman–Crippen MR) is 228 cm³/mol. The first-order valence-corrected chi connectivity index (χ1v) is 21.6. The molecule has 4 amide bonds. The second-order valence-electron chi connectivity index (χ2n) is 18.1. The lowest BCUT2D eigenvalue weighted by molar-refractivity contribution is -0.287. The zero-order valence-corrected chi connectivity index (χ0v) is 36.3. The Bertz CT molecular complexity index is 3450. The lowest BCUT2D eigenvalue weighted by Crippen LogP contribution is -2.43. The molecule has 0 saturated carbocycles. The van der Waals surface area contributed by atoms with E-state index in [4.69, 9.17) is 0 Å². The van der Waals surface area contributed by atoms with Gasteiger partial charge in [-0.2, -0.15) is 32.1 Å². The van der Waals surface area contributed by atoms with Crippen LogP contribution in [0.4, 0.5) is 62.8 Å². The van der Waals surface area contributed by atoms with Gasteiger partial charge >= 0.3 is 12.1 Å². The number of nitrogens with zero attached hydrogens (tertiary/aromatic N) is 10. The van der Waals surface area contributed by atoms with Gasteiger partial charge in [-0.25, -0.2) is 56.8 Å². The van der Waals surface area contributed by atoms with Crippen molar-refractivity contribution in [3.05, 3.63) is 82.7 Å². The quantitative estimate of drug-likeness (QED) is 0.106. The van der Waals surface area contributed by atoms with Crippen molar-refractivity contribution in [2.75, 3.05) is 21.3 Å². The standard InChI is InChI=1S/C44H31F9N14O4/c1-41-11-26(69)57-33-29(41)34(58-27(70)12-41)61-38(60-33)32-21-8-18(46)15-55-40(21)67(65-32)19(10-43(49,50)44(51,52)53)9-42-6-5-25(68)56-35-30(42)36(59-28(71)13-42)63-37(62-35)31-20-7-17(45)14-54-39(20)66(64-31)16-22-23(47)3-2-4-24(22)48/h2-4,7-8,14-15,19H,5-6,9-13,16H2,1H3,(H2,56,59,62,63,68,71)(H2,57,58,60,61,69,70). The van der Waals surface area contributed by atoms with Crippen molar-refractivity contribution < 1.29 is 58.7 Å². The molecule has 27 heteroatoms. The molecule has 0 bridgehead atoms. The van der Waals surface area contributed by atoms with E-state index in [0.29, 0.717) is 16.4 Å². The normalized spacial score (nSPS) is 18.8. The number of pyridine rings is 2. The molecule has 0 radical (unpaired) electrons. The Morgan fingerprint density at radius 3 is 1.76 bits per heavy atom. The smallest absolute Gasteiger partial charge is 0.310 e. The molecule has 2 atom stereocenters. The number of carbonyl (C=O) groups is 4. The molecule has 0 saturated heterocycles. The van der Waals surface area contributed by atoms with Crippen LogP contribution in [0, 0.1) is 23.3 Å². The van der Waals surface area contributed by atoms with Crippen molar-refractivity contribution in [3.63, 3.8) is 0 Å². The highest BCUT2D eigenvalue weighted by molar-refractivity contribution is 6.04. The van der Waals surface area contributed by atoms with Gasteiger partial charge in [0.05, 0.1) is 35.8 Å². The number of nitrogens with one attached hydrogen (secondary N) is 4. The van der Waals surface area contributed by atoms with Gasteiger partial charge in [0, 0.05) is 59.6 Å². The van der Waals surface area contributed by atoms with Gasteiger partial charge in [-0.05, 0) is 37.1 Å². The van der Waals surface area contributed by atoms with E-state index in [0.717, 1.165) is 41.2 Å². The predicted octanol–water partition coefficient (Wildman–Crippen LogP) is 7.17. The minimum atomic E-state index is -6.15. The Kier molecular flexibility index (Phi) is 10.0. The molecule has 11 rings (SSSR count). The van der Waals surface area contributed by atoms with E-state index in [9.17, 15) is 45.5 Å². The average molecular weight is 991 g/mol. The van der Waals surface area contributed by atoms with Gasteiger partial charge in [-0.1, -0.05) is 13.0 Å². The van der Waals surface area contributed by atoms with Crippen molar-refractivity contribution in [1.82, 2.24) is 49.5 Å². The van der Waals surface area contributed by atoms with Crippen molar-refractivity contribution in [2.45, 2.75) is 87.4 Å². The first kappa shape index (κ1) is 45.3. The van der Waals surface area contributed by atoms with Crippen LogP contribution in [0.15, 0.2) is 42.7 Å². The first-order valence-electron chi connectivity index (χ1n) is 21.6. The third-order valence-electron chi connectivity index (χ3n) is 13.2. The summed E-state index contributed by atoms with van der Waals surface area (Å²) >= 11 is 0. The van der Waals surface area contributed by atoms with E-state index in [1.165, 1.54) is 0 Å².